The first-order valence-electron chi connectivity index (χ1n) is 3.46. The van der Waals surface area contributed by atoms with Gasteiger partial charge in [0, 0.05) is 5.56 Å². The SMILES string of the molecule is ClC(Cl)(Cl)c1ccc(C(Cl)(Cl)I)cc1. The quantitative estimate of drug-likeness (QED) is 0.426. The monoisotopic (exact) mass is 402 g/mol. The van der Waals surface area contributed by atoms with Gasteiger partial charge in [-0.2, -0.15) is 0 Å². The highest BCUT2D eigenvalue weighted by Crippen LogP contribution is 2.43. The molecule has 0 aromatic heterocycles. The van der Waals surface area contributed by atoms with E-state index in [0.29, 0.717) is 5.56 Å². The highest BCUT2D eigenvalue weighted by molar-refractivity contribution is 14.1. The zero-order valence-electron chi connectivity index (χ0n) is 6.58. The number of hydrogen-bond acceptors (Lipinski definition) is 0. The third-order valence-electron chi connectivity index (χ3n) is 1.54. The molecule has 0 nitrogen and oxygen atoms in total. The minimum atomic E-state index is -1.41. The average Bonchev–Trinajstić information content (AvgIpc) is 2.01. The van der Waals surface area contributed by atoms with Gasteiger partial charge in [-0.1, -0.05) is 82.3 Å². The van der Waals surface area contributed by atoms with Crippen LogP contribution in [-0.2, 0) is 6.13 Å². The van der Waals surface area contributed by atoms with Gasteiger partial charge < -0.3 is 0 Å². The fourth-order valence-electron chi connectivity index (χ4n) is 0.848. The molecular weight excluding hydrogens is 400 g/mol. The largest absolute Gasteiger partial charge is 0.216 e. The first kappa shape index (κ1) is 13.5. The van der Waals surface area contributed by atoms with Gasteiger partial charge >= 0.3 is 0 Å². The maximum Gasteiger partial charge on any atom is 0.216 e. The Bertz CT molecular complexity index is 275. The molecule has 0 unspecified atom stereocenters. The van der Waals surface area contributed by atoms with Gasteiger partial charge in [-0.05, 0) is 28.2 Å². The maximum absolute atomic E-state index is 5.88. The van der Waals surface area contributed by atoms with E-state index in [4.69, 9.17) is 58.0 Å². The lowest BCUT2D eigenvalue weighted by Gasteiger charge is -2.15. The van der Waals surface area contributed by atoms with Gasteiger partial charge in [-0.25, -0.2) is 0 Å². The fourth-order valence-corrected chi connectivity index (χ4v) is 1.84. The summed E-state index contributed by atoms with van der Waals surface area (Å²) in [5.41, 5.74) is 1.33. The van der Waals surface area contributed by atoms with E-state index in [1.54, 1.807) is 24.3 Å². The molecule has 0 radical (unpaired) electrons. The molecule has 0 fully saturated rings. The number of rotatable bonds is 1. The Morgan fingerprint density at radius 1 is 0.786 bits per heavy atom. The molecular formula is C8H4Cl5I. The Morgan fingerprint density at radius 3 is 1.43 bits per heavy atom. The van der Waals surface area contributed by atoms with E-state index >= 15 is 0 Å². The summed E-state index contributed by atoms with van der Waals surface area (Å²) in [5.74, 6) is 0. The van der Waals surface area contributed by atoms with Gasteiger partial charge in [0.15, 0.2) is 2.34 Å². The predicted molar refractivity (Wildman–Crippen MR) is 73.1 cm³/mol. The third kappa shape index (κ3) is 3.76. The summed E-state index contributed by atoms with van der Waals surface area (Å²) in [5, 5.41) is 0. The second-order valence-electron chi connectivity index (χ2n) is 2.57. The zero-order valence-corrected chi connectivity index (χ0v) is 12.5. The van der Waals surface area contributed by atoms with Crippen LogP contribution in [0.15, 0.2) is 24.3 Å². The van der Waals surface area contributed by atoms with Gasteiger partial charge in [0.25, 0.3) is 0 Å². The molecule has 0 atom stereocenters. The maximum atomic E-state index is 5.88. The Morgan fingerprint density at radius 2 is 1.14 bits per heavy atom. The van der Waals surface area contributed by atoms with Crippen molar-refractivity contribution in [1.82, 2.24) is 0 Å². The highest BCUT2D eigenvalue weighted by Gasteiger charge is 2.25. The van der Waals surface area contributed by atoms with Crippen molar-refractivity contribution in [2.45, 2.75) is 6.13 Å². The van der Waals surface area contributed by atoms with Gasteiger partial charge in [0.05, 0.1) is 0 Å². The van der Waals surface area contributed by atoms with E-state index in [-0.39, 0.29) is 0 Å². The molecule has 0 spiro atoms. The Hall–Kier alpha value is 1.40. The summed E-state index contributed by atoms with van der Waals surface area (Å²) in [4.78, 5) is 0. The van der Waals surface area contributed by atoms with E-state index in [0.717, 1.165) is 5.56 Å². The summed E-state index contributed by atoms with van der Waals surface area (Å²) in [6.07, 6.45) is 0. The molecule has 0 aliphatic heterocycles. The number of hydrogen-bond donors (Lipinski definition) is 0. The average molecular weight is 404 g/mol. The predicted octanol–water partition coefficient (Wildman–Crippen LogP) is 5.54. The third-order valence-corrected chi connectivity index (χ3v) is 3.25. The first-order chi connectivity index (χ1) is 6.21. The topological polar surface area (TPSA) is 0 Å². The van der Waals surface area contributed by atoms with Crippen molar-refractivity contribution >= 4 is 80.6 Å². The van der Waals surface area contributed by atoms with Crippen LogP contribution in [0.4, 0.5) is 0 Å². The molecule has 6 heteroatoms. The van der Waals surface area contributed by atoms with Gasteiger partial charge in [-0.15, -0.1) is 0 Å². The minimum absolute atomic E-state index is 0.584. The lowest BCUT2D eigenvalue weighted by atomic mass is 10.2. The molecule has 0 heterocycles. The molecule has 0 saturated carbocycles. The fraction of sp³-hybridized carbons (Fsp3) is 0.250. The molecule has 0 bridgehead atoms. The zero-order chi connectivity index (χ0) is 11.0. The van der Waals surface area contributed by atoms with E-state index in [2.05, 4.69) is 0 Å². The van der Waals surface area contributed by atoms with E-state index in [1.165, 1.54) is 0 Å². The summed E-state index contributed by atoms with van der Waals surface area (Å²) >= 11 is 30.7. The molecule has 0 saturated heterocycles. The van der Waals surface area contributed by atoms with Crippen LogP contribution in [0, 0.1) is 0 Å². The second kappa shape index (κ2) is 4.72. The minimum Gasteiger partial charge on any atom is -0.0844 e. The number of halogens is 6. The molecule has 14 heavy (non-hydrogen) atoms. The Labute approximate surface area is 121 Å². The van der Waals surface area contributed by atoms with Crippen molar-refractivity contribution in [2.24, 2.45) is 0 Å². The van der Waals surface area contributed by atoms with Crippen molar-refractivity contribution in [3.05, 3.63) is 35.4 Å². The van der Waals surface area contributed by atoms with Gasteiger partial charge in [0.2, 0.25) is 3.79 Å². The first-order valence-corrected chi connectivity index (χ1v) is 6.42. The molecule has 1 aromatic carbocycles. The van der Waals surface area contributed by atoms with Crippen LogP contribution in [0.5, 0.6) is 0 Å². The van der Waals surface area contributed by atoms with Crippen LogP contribution in [0.3, 0.4) is 0 Å². The summed E-state index contributed by atoms with van der Waals surface area (Å²) in [7, 11) is 0. The lowest BCUT2D eigenvalue weighted by Crippen LogP contribution is -2.03. The highest BCUT2D eigenvalue weighted by atomic mass is 127. The molecule has 78 valence electrons. The van der Waals surface area contributed by atoms with Crippen LogP contribution in [0.2, 0.25) is 0 Å². The number of alkyl halides is 6. The van der Waals surface area contributed by atoms with Crippen LogP contribution in [0.1, 0.15) is 11.1 Å². The van der Waals surface area contributed by atoms with Crippen LogP contribution in [-0.4, -0.2) is 0 Å². The van der Waals surface area contributed by atoms with Gasteiger partial charge in [-0.3, -0.25) is 0 Å². The summed E-state index contributed by atoms with van der Waals surface area (Å²) in [6, 6.07) is 6.81. The van der Waals surface area contributed by atoms with Crippen LogP contribution in [0.25, 0.3) is 0 Å². The standard InChI is InChI=1S/C8H4Cl5I/c9-7(10,11)5-1-3-6(4-2-5)8(12,13)14/h1-4H. The van der Waals surface area contributed by atoms with Crippen molar-refractivity contribution in [1.29, 1.82) is 0 Å². The lowest BCUT2D eigenvalue weighted by molar-refractivity contribution is 1.21. The summed E-state index contributed by atoms with van der Waals surface area (Å²) in [6.45, 7) is 0. The van der Waals surface area contributed by atoms with Gasteiger partial charge in [0.1, 0.15) is 0 Å². The molecule has 0 N–H and O–H groups in total. The molecule has 0 amide bonds. The molecule has 1 rings (SSSR count). The summed E-state index contributed by atoms with van der Waals surface area (Å²) < 4.78 is -2.37. The molecule has 0 aliphatic carbocycles. The molecule has 1 aromatic rings. The second-order valence-corrected chi connectivity index (χ2v) is 9.07. The van der Waals surface area contributed by atoms with Crippen LogP contribution >= 0.6 is 80.6 Å². The molecule has 0 aliphatic rings. The van der Waals surface area contributed by atoms with E-state index in [1.807, 2.05) is 22.6 Å². The van der Waals surface area contributed by atoms with E-state index < -0.39 is 6.13 Å². The Kier molecular flexibility index (Phi) is 4.54. The van der Waals surface area contributed by atoms with Crippen molar-refractivity contribution in [3.8, 4) is 0 Å². The van der Waals surface area contributed by atoms with E-state index in [9.17, 15) is 0 Å². The van der Waals surface area contributed by atoms with Crippen molar-refractivity contribution in [2.75, 3.05) is 0 Å². The Balaban J connectivity index is 3.02. The number of benzene rings is 1. The smallest absolute Gasteiger partial charge is 0.0844 e. The van der Waals surface area contributed by atoms with Crippen molar-refractivity contribution < 1.29 is 0 Å². The normalized spacial score (nSPS) is 13.0. The van der Waals surface area contributed by atoms with Crippen LogP contribution < -0.4 is 0 Å². The van der Waals surface area contributed by atoms with Crippen molar-refractivity contribution in [3.63, 3.8) is 0 Å².